The zero-order valence-electron chi connectivity index (χ0n) is 13.4. The maximum absolute atomic E-state index is 13.8. The molecule has 1 aromatic heterocycles. The van der Waals surface area contributed by atoms with E-state index >= 15 is 0 Å². The summed E-state index contributed by atoms with van der Waals surface area (Å²) in [6.45, 7) is 0.167. The van der Waals surface area contributed by atoms with Gasteiger partial charge in [-0.1, -0.05) is 23.7 Å². The highest BCUT2D eigenvalue weighted by Crippen LogP contribution is 2.20. The van der Waals surface area contributed by atoms with Crippen molar-refractivity contribution in [3.8, 4) is 5.75 Å². The Balaban J connectivity index is 1.72. The Hall–Kier alpha value is -2.86. The van der Waals surface area contributed by atoms with Gasteiger partial charge in [-0.3, -0.25) is 9.48 Å². The maximum Gasteiger partial charge on any atom is 0.256 e. The largest absolute Gasteiger partial charge is 0.497 e. The molecule has 0 bridgehead atoms. The SMILES string of the molecule is COc1cccc(C(=O)Nc2ccn(Cc3c(F)cccc3Cl)n2)c1. The van der Waals surface area contributed by atoms with E-state index in [0.29, 0.717) is 27.7 Å². The predicted octanol–water partition coefficient (Wildman–Crippen LogP) is 3.98. The first kappa shape index (κ1) is 17.0. The summed E-state index contributed by atoms with van der Waals surface area (Å²) >= 11 is 6.02. The normalized spacial score (nSPS) is 10.5. The topological polar surface area (TPSA) is 56.1 Å². The Labute approximate surface area is 149 Å². The van der Waals surface area contributed by atoms with E-state index in [4.69, 9.17) is 16.3 Å². The molecule has 1 heterocycles. The van der Waals surface area contributed by atoms with Gasteiger partial charge in [-0.25, -0.2) is 4.39 Å². The summed E-state index contributed by atoms with van der Waals surface area (Å²) in [5, 5.41) is 7.25. The first-order valence-electron chi connectivity index (χ1n) is 7.48. The zero-order chi connectivity index (χ0) is 17.8. The van der Waals surface area contributed by atoms with Crippen LogP contribution in [0.15, 0.2) is 54.7 Å². The van der Waals surface area contributed by atoms with Crippen molar-refractivity contribution in [1.82, 2.24) is 9.78 Å². The second-order valence-electron chi connectivity index (χ2n) is 5.28. The number of hydrogen-bond acceptors (Lipinski definition) is 3. The van der Waals surface area contributed by atoms with Gasteiger partial charge in [-0.15, -0.1) is 0 Å². The molecule has 0 aliphatic carbocycles. The minimum atomic E-state index is -0.398. The average molecular weight is 360 g/mol. The molecule has 0 fully saturated rings. The van der Waals surface area contributed by atoms with Crippen LogP contribution in [0.4, 0.5) is 10.2 Å². The number of carbonyl (C=O) groups excluding carboxylic acids is 1. The van der Waals surface area contributed by atoms with Gasteiger partial charge in [0.2, 0.25) is 0 Å². The number of anilines is 1. The standard InChI is InChI=1S/C18H15ClFN3O2/c1-25-13-5-2-4-12(10-13)18(24)21-17-8-9-23(22-17)11-14-15(19)6-3-7-16(14)20/h2-10H,11H2,1H3,(H,21,22,24). The predicted molar refractivity (Wildman–Crippen MR) is 93.7 cm³/mol. The molecule has 3 aromatic rings. The molecule has 7 heteroatoms. The lowest BCUT2D eigenvalue weighted by Crippen LogP contribution is -2.13. The summed E-state index contributed by atoms with van der Waals surface area (Å²) < 4.78 is 20.4. The van der Waals surface area contributed by atoms with Crippen molar-refractivity contribution in [3.05, 3.63) is 76.7 Å². The van der Waals surface area contributed by atoms with Gasteiger partial charge in [0.25, 0.3) is 5.91 Å². The van der Waals surface area contributed by atoms with Gasteiger partial charge in [0, 0.05) is 28.4 Å². The molecule has 0 aliphatic heterocycles. The quantitative estimate of drug-likeness (QED) is 0.749. The van der Waals surface area contributed by atoms with Gasteiger partial charge in [-0.2, -0.15) is 5.10 Å². The number of nitrogens with one attached hydrogen (secondary N) is 1. The fourth-order valence-electron chi connectivity index (χ4n) is 2.31. The van der Waals surface area contributed by atoms with Gasteiger partial charge in [0.05, 0.1) is 13.7 Å². The minimum Gasteiger partial charge on any atom is -0.497 e. The number of hydrogen-bond donors (Lipinski definition) is 1. The zero-order valence-corrected chi connectivity index (χ0v) is 14.1. The van der Waals surface area contributed by atoms with Crippen molar-refractivity contribution < 1.29 is 13.9 Å². The summed E-state index contributed by atoms with van der Waals surface area (Å²) in [7, 11) is 1.53. The van der Waals surface area contributed by atoms with E-state index in [1.54, 1.807) is 48.7 Å². The Morgan fingerprint density at radius 2 is 2.08 bits per heavy atom. The van der Waals surface area contributed by atoms with E-state index in [9.17, 15) is 9.18 Å². The van der Waals surface area contributed by atoms with Gasteiger partial charge in [0.15, 0.2) is 5.82 Å². The van der Waals surface area contributed by atoms with Gasteiger partial charge in [-0.05, 0) is 30.3 Å². The number of rotatable bonds is 5. The number of aromatic nitrogens is 2. The molecule has 0 saturated heterocycles. The minimum absolute atomic E-state index is 0.167. The van der Waals surface area contributed by atoms with Crippen LogP contribution in [0, 0.1) is 5.82 Å². The highest BCUT2D eigenvalue weighted by molar-refractivity contribution is 6.31. The number of halogens is 2. The lowest BCUT2D eigenvalue weighted by molar-refractivity contribution is 0.102. The number of amides is 1. The van der Waals surface area contributed by atoms with Crippen LogP contribution in [0.25, 0.3) is 0 Å². The second-order valence-corrected chi connectivity index (χ2v) is 5.69. The Morgan fingerprint density at radius 3 is 2.84 bits per heavy atom. The van der Waals surface area contributed by atoms with Gasteiger partial charge < -0.3 is 10.1 Å². The van der Waals surface area contributed by atoms with E-state index in [1.165, 1.54) is 17.9 Å². The van der Waals surface area contributed by atoms with Crippen molar-refractivity contribution in [3.63, 3.8) is 0 Å². The molecular weight excluding hydrogens is 345 g/mol. The first-order valence-corrected chi connectivity index (χ1v) is 7.86. The van der Waals surface area contributed by atoms with Crippen LogP contribution in [0.5, 0.6) is 5.75 Å². The molecule has 0 atom stereocenters. The summed E-state index contributed by atoms with van der Waals surface area (Å²) in [5.41, 5.74) is 0.795. The van der Waals surface area contributed by atoms with Crippen molar-refractivity contribution in [1.29, 1.82) is 0 Å². The molecule has 1 amide bonds. The molecule has 25 heavy (non-hydrogen) atoms. The lowest BCUT2D eigenvalue weighted by Gasteiger charge is -2.06. The molecular formula is C18H15ClFN3O2. The maximum atomic E-state index is 13.8. The monoisotopic (exact) mass is 359 g/mol. The molecule has 3 rings (SSSR count). The molecule has 0 radical (unpaired) electrons. The molecule has 0 saturated carbocycles. The van der Waals surface area contributed by atoms with Crippen LogP contribution in [0.2, 0.25) is 5.02 Å². The Kier molecular flexibility index (Phi) is 5.00. The summed E-state index contributed by atoms with van der Waals surface area (Å²) in [6.07, 6.45) is 1.64. The average Bonchev–Trinajstić information content (AvgIpc) is 3.05. The fourth-order valence-corrected chi connectivity index (χ4v) is 2.54. The molecule has 0 aliphatic rings. The van der Waals surface area contributed by atoms with Crippen LogP contribution in [-0.2, 0) is 6.54 Å². The van der Waals surface area contributed by atoms with Crippen molar-refractivity contribution in [2.24, 2.45) is 0 Å². The fraction of sp³-hybridized carbons (Fsp3) is 0.111. The van der Waals surface area contributed by atoms with Crippen molar-refractivity contribution >= 4 is 23.3 Å². The summed E-state index contributed by atoms with van der Waals surface area (Å²) in [6, 6.07) is 12.9. The summed E-state index contributed by atoms with van der Waals surface area (Å²) in [5.74, 6) is 0.241. The van der Waals surface area contributed by atoms with E-state index in [-0.39, 0.29) is 12.5 Å². The van der Waals surface area contributed by atoms with Crippen LogP contribution in [0.1, 0.15) is 15.9 Å². The third-order valence-corrected chi connectivity index (χ3v) is 3.95. The molecule has 0 spiro atoms. The molecule has 128 valence electrons. The van der Waals surface area contributed by atoms with Crippen molar-refractivity contribution in [2.75, 3.05) is 12.4 Å². The van der Waals surface area contributed by atoms with E-state index in [2.05, 4.69) is 10.4 Å². The number of nitrogens with zero attached hydrogens (tertiary/aromatic N) is 2. The molecule has 2 aromatic carbocycles. The Bertz CT molecular complexity index is 891. The highest BCUT2D eigenvalue weighted by Gasteiger charge is 2.11. The second kappa shape index (κ2) is 7.36. The first-order chi connectivity index (χ1) is 12.1. The van der Waals surface area contributed by atoms with E-state index in [0.717, 1.165) is 0 Å². The molecule has 5 nitrogen and oxygen atoms in total. The molecule has 0 unspecified atom stereocenters. The number of methoxy groups -OCH3 is 1. The van der Waals surface area contributed by atoms with Crippen LogP contribution in [-0.4, -0.2) is 22.8 Å². The van der Waals surface area contributed by atoms with Crippen LogP contribution >= 0.6 is 11.6 Å². The Morgan fingerprint density at radius 1 is 1.28 bits per heavy atom. The number of carbonyl (C=O) groups is 1. The number of ether oxygens (including phenoxy) is 1. The van der Waals surface area contributed by atoms with Crippen molar-refractivity contribution in [2.45, 2.75) is 6.54 Å². The van der Waals surface area contributed by atoms with Gasteiger partial charge >= 0.3 is 0 Å². The third kappa shape index (κ3) is 3.97. The lowest BCUT2D eigenvalue weighted by atomic mass is 10.2. The summed E-state index contributed by atoms with van der Waals surface area (Å²) in [4.78, 5) is 12.3. The third-order valence-electron chi connectivity index (χ3n) is 3.60. The van der Waals surface area contributed by atoms with E-state index in [1.807, 2.05) is 0 Å². The smallest absolute Gasteiger partial charge is 0.256 e. The van der Waals surface area contributed by atoms with Crippen LogP contribution < -0.4 is 10.1 Å². The molecule has 1 N–H and O–H groups in total. The van der Waals surface area contributed by atoms with Gasteiger partial charge in [0.1, 0.15) is 11.6 Å². The van der Waals surface area contributed by atoms with Crippen LogP contribution in [0.3, 0.4) is 0 Å². The van der Waals surface area contributed by atoms with E-state index < -0.39 is 5.82 Å². The highest BCUT2D eigenvalue weighted by atomic mass is 35.5. The number of benzene rings is 2.